The first-order chi connectivity index (χ1) is 10.2. The molecule has 0 spiro atoms. The second-order valence-corrected chi connectivity index (χ2v) is 5.51. The van der Waals surface area contributed by atoms with Crippen LogP contribution in [0.4, 0.5) is 5.69 Å². The fourth-order valence-electron chi connectivity index (χ4n) is 1.53. The van der Waals surface area contributed by atoms with Gasteiger partial charge in [0, 0.05) is 11.9 Å². The number of hydrogen-bond donors (Lipinski definition) is 4. The molecule has 0 aliphatic rings. The van der Waals surface area contributed by atoms with E-state index in [9.17, 15) is 9.90 Å². The number of rotatable bonds is 6. The van der Waals surface area contributed by atoms with E-state index >= 15 is 0 Å². The van der Waals surface area contributed by atoms with E-state index in [2.05, 4.69) is 17.2 Å². The molecule has 0 saturated carbocycles. The minimum atomic E-state index is -1.23. The van der Waals surface area contributed by atoms with Crippen LogP contribution in [-0.4, -0.2) is 22.5 Å². The number of carbonyl (C=O) groups is 1. The average molecular weight is 303 g/mol. The molecule has 0 aromatic heterocycles. The molecule has 4 N–H and O–H groups in total. The number of anilines is 1. The third-order valence-corrected chi connectivity index (χ3v) is 2.35. The maximum atomic E-state index is 11.3. The highest BCUT2D eigenvalue weighted by atomic mass is 16.5. The normalized spacial score (nSPS) is 11.5. The van der Waals surface area contributed by atoms with Crippen molar-refractivity contribution in [3.63, 3.8) is 0 Å². The molecule has 1 aromatic carbocycles. The van der Waals surface area contributed by atoms with Crippen molar-refractivity contribution in [1.29, 1.82) is 5.41 Å². The van der Waals surface area contributed by atoms with Gasteiger partial charge in [-0.1, -0.05) is 18.2 Å². The van der Waals surface area contributed by atoms with Gasteiger partial charge in [-0.2, -0.15) is 0 Å². The Morgan fingerprint density at radius 1 is 1.32 bits per heavy atom. The van der Waals surface area contributed by atoms with Gasteiger partial charge >= 0.3 is 5.97 Å². The van der Waals surface area contributed by atoms with Crippen molar-refractivity contribution in [3.05, 3.63) is 54.6 Å². The molecule has 0 radical (unpaired) electrons. The first-order valence-electron chi connectivity index (χ1n) is 6.68. The summed E-state index contributed by atoms with van der Waals surface area (Å²) in [6.07, 6.45) is 1.25. The van der Waals surface area contributed by atoms with Crippen molar-refractivity contribution in [2.45, 2.75) is 26.4 Å². The largest absolute Gasteiger partial charge is 0.478 e. The zero-order valence-corrected chi connectivity index (χ0v) is 12.9. The van der Waals surface area contributed by atoms with E-state index in [1.807, 2.05) is 39.0 Å². The highest BCUT2D eigenvalue weighted by molar-refractivity contribution is 6.17. The summed E-state index contributed by atoms with van der Waals surface area (Å²) in [5.41, 5.74) is 0.000987. The topological polar surface area (TPSA) is 94.4 Å². The molecular formula is C16H21N3O3. The predicted molar refractivity (Wildman–Crippen MR) is 86.6 cm³/mol. The fourth-order valence-corrected chi connectivity index (χ4v) is 1.53. The van der Waals surface area contributed by atoms with Crippen molar-refractivity contribution in [3.8, 4) is 0 Å². The Hall–Kier alpha value is -2.76. The van der Waals surface area contributed by atoms with E-state index in [0.29, 0.717) is 0 Å². The second kappa shape index (κ2) is 7.31. The Morgan fingerprint density at radius 3 is 2.41 bits per heavy atom. The zero-order chi connectivity index (χ0) is 16.8. The van der Waals surface area contributed by atoms with Gasteiger partial charge in [0.25, 0.3) is 0 Å². The lowest BCUT2D eigenvalue weighted by atomic mass is 10.2. The molecule has 1 rings (SSSR count). The number of benzene rings is 1. The van der Waals surface area contributed by atoms with Crippen LogP contribution in [0.2, 0.25) is 0 Å². The highest BCUT2D eigenvalue weighted by Crippen LogP contribution is 2.11. The van der Waals surface area contributed by atoms with E-state index in [1.54, 1.807) is 12.1 Å². The van der Waals surface area contributed by atoms with Crippen LogP contribution in [0.15, 0.2) is 54.6 Å². The summed E-state index contributed by atoms with van der Waals surface area (Å²) in [5, 5.41) is 22.4. The maximum Gasteiger partial charge on any atom is 0.340 e. The van der Waals surface area contributed by atoms with Crippen LogP contribution in [0.25, 0.3) is 0 Å². The number of hydrogen-bond acceptors (Lipinski definition) is 4. The van der Waals surface area contributed by atoms with Gasteiger partial charge in [-0.15, -0.1) is 0 Å². The summed E-state index contributed by atoms with van der Waals surface area (Å²) in [6, 6.07) is 9.06. The molecule has 0 heterocycles. The summed E-state index contributed by atoms with van der Waals surface area (Å²) >= 11 is 0. The lowest BCUT2D eigenvalue weighted by molar-refractivity contribution is -0.132. The number of carboxylic acid groups (broad SMARTS) is 1. The van der Waals surface area contributed by atoms with Crippen LogP contribution in [-0.2, 0) is 9.53 Å². The minimum absolute atomic E-state index is 0.115. The molecule has 118 valence electrons. The Bertz CT molecular complexity index is 586. The smallest absolute Gasteiger partial charge is 0.340 e. The summed E-state index contributed by atoms with van der Waals surface area (Å²) in [5.74, 6) is -1.43. The number of aliphatic carboxylic acids is 1. The first kappa shape index (κ1) is 17.3. The number of carboxylic acids is 1. The molecule has 0 amide bonds. The van der Waals surface area contributed by atoms with Crippen molar-refractivity contribution < 1.29 is 14.6 Å². The lowest BCUT2D eigenvalue weighted by Crippen LogP contribution is -2.32. The van der Waals surface area contributed by atoms with Gasteiger partial charge in [-0.3, -0.25) is 5.41 Å². The van der Waals surface area contributed by atoms with E-state index < -0.39 is 11.6 Å². The summed E-state index contributed by atoms with van der Waals surface area (Å²) in [6.45, 7) is 9.11. The molecule has 22 heavy (non-hydrogen) atoms. The molecule has 1 aromatic rings. The summed E-state index contributed by atoms with van der Waals surface area (Å²) < 4.78 is 5.41. The zero-order valence-electron chi connectivity index (χ0n) is 12.9. The minimum Gasteiger partial charge on any atom is -0.478 e. The number of nitrogens with one attached hydrogen (secondary N) is 3. The molecule has 6 heteroatoms. The van der Waals surface area contributed by atoms with E-state index in [4.69, 9.17) is 10.1 Å². The summed E-state index contributed by atoms with van der Waals surface area (Å²) in [7, 11) is 0. The predicted octanol–water partition coefficient (Wildman–Crippen LogP) is 2.92. The van der Waals surface area contributed by atoms with Crippen molar-refractivity contribution in [1.82, 2.24) is 5.32 Å². The Labute approximate surface area is 130 Å². The van der Waals surface area contributed by atoms with E-state index in [1.165, 1.54) is 6.20 Å². The van der Waals surface area contributed by atoms with Gasteiger partial charge in [0.15, 0.2) is 5.88 Å². The van der Waals surface area contributed by atoms with Crippen molar-refractivity contribution in [2.24, 2.45) is 0 Å². The monoisotopic (exact) mass is 303 g/mol. The van der Waals surface area contributed by atoms with Crippen LogP contribution < -0.4 is 10.6 Å². The highest BCUT2D eigenvalue weighted by Gasteiger charge is 2.17. The molecular weight excluding hydrogens is 282 g/mol. The molecule has 0 atom stereocenters. The molecule has 0 fully saturated rings. The van der Waals surface area contributed by atoms with Crippen LogP contribution in [0, 0.1) is 5.41 Å². The van der Waals surface area contributed by atoms with Gasteiger partial charge in [0.05, 0.1) is 0 Å². The Morgan fingerprint density at radius 2 is 1.91 bits per heavy atom. The molecule has 0 aliphatic carbocycles. The van der Waals surface area contributed by atoms with Gasteiger partial charge < -0.3 is 20.5 Å². The van der Waals surface area contributed by atoms with Gasteiger partial charge in [-0.05, 0) is 39.5 Å². The van der Waals surface area contributed by atoms with Crippen molar-refractivity contribution >= 4 is 17.5 Å². The molecule has 6 nitrogen and oxygen atoms in total. The van der Waals surface area contributed by atoms with Gasteiger partial charge in [0.1, 0.15) is 17.0 Å². The maximum absolute atomic E-state index is 11.3. The fraction of sp³-hybridized carbons (Fsp3) is 0.250. The second-order valence-electron chi connectivity index (χ2n) is 5.51. The van der Waals surface area contributed by atoms with E-state index in [0.717, 1.165) is 5.69 Å². The van der Waals surface area contributed by atoms with E-state index in [-0.39, 0.29) is 17.3 Å². The Kier molecular flexibility index (Phi) is 5.74. The molecule has 0 unspecified atom stereocenters. The Balaban J connectivity index is 2.76. The van der Waals surface area contributed by atoms with Gasteiger partial charge in [0.2, 0.25) is 0 Å². The lowest BCUT2D eigenvalue weighted by Gasteiger charge is -2.23. The quantitative estimate of drug-likeness (QED) is 0.280. The number of amidine groups is 1. The van der Waals surface area contributed by atoms with Crippen molar-refractivity contribution in [2.75, 3.05) is 5.32 Å². The first-order valence-corrected chi connectivity index (χ1v) is 6.68. The van der Waals surface area contributed by atoms with Crippen LogP contribution >= 0.6 is 0 Å². The average Bonchev–Trinajstić information content (AvgIpc) is 2.37. The molecule has 0 bridgehead atoms. The van der Waals surface area contributed by atoms with Crippen LogP contribution in [0.3, 0.4) is 0 Å². The standard InChI is InChI=1S/C16H21N3O3/c1-11(22-16(2,3)4)19-14(17)13(15(20)21)10-18-12-8-6-5-7-9-12/h5-10,18H,1H2,2-4H3,(H2,17,19)(H,20,21)/b13-10+. The molecule has 0 aliphatic heterocycles. The third kappa shape index (κ3) is 6.13. The number of para-hydroxylation sites is 1. The molecule has 0 saturated heterocycles. The summed E-state index contributed by atoms with van der Waals surface area (Å²) in [4.78, 5) is 11.3. The number of ether oxygens (including phenoxy) is 1. The third-order valence-electron chi connectivity index (χ3n) is 2.35. The van der Waals surface area contributed by atoms with Gasteiger partial charge in [-0.25, -0.2) is 4.79 Å². The SMILES string of the molecule is C=C(NC(=N)/C(=C\Nc1ccccc1)C(=O)O)OC(C)(C)C. The van der Waals surface area contributed by atoms with Crippen LogP contribution in [0.1, 0.15) is 20.8 Å². The van der Waals surface area contributed by atoms with Crippen LogP contribution in [0.5, 0.6) is 0 Å².